The van der Waals surface area contributed by atoms with Crippen molar-refractivity contribution in [3.63, 3.8) is 0 Å². The van der Waals surface area contributed by atoms with E-state index in [1.54, 1.807) is 59.1 Å². The quantitative estimate of drug-likeness (QED) is 0.301. The standard InChI is InChI=1S/C21H33N2O9P/c1-20(2,3)19(26)29-14-31-33(27)30-13-21(4,5)17(32-33)18(25)23-11-8-16(24)28-12-15-6-9-22-10-7-15/h6-7,9-10,17,27,33H,8,11-14H2,1-5H3,(H,23,25)/t17-/m0/s1. The molecule has 2 heterocycles. The zero-order valence-corrected chi connectivity index (χ0v) is 20.6. The van der Waals surface area contributed by atoms with Gasteiger partial charge in [0.25, 0.3) is 0 Å². The molecule has 1 saturated heterocycles. The maximum atomic E-state index is 12.7. The number of nitrogens with zero attached hydrogens (tertiary/aromatic N) is 1. The summed E-state index contributed by atoms with van der Waals surface area (Å²) in [6.45, 7) is 8.02. The van der Waals surface area contributed by atoms with Gasteiger partial charge in [-0.3, -0.25) is 4.98 Å². The Hall–Kier alpha value is -2.17. The van der Waals surface area contributed by atoms with E-state index >= 15 is 0 Å². The van der Waals surface area contributed by atoms with Gasteiger partial charge in [-0.05, 0) is 0 Å². The maximum absolute atomic E-state index is 12.7. The molecule has 1 atom stereocenters. The zero-order chi connectivity index (χ0) is 24.7. The first-order valence-corrected chi connectivity index (χ1v) is 12.2. The molecule has 11 nitrogen and oxygen atoms in total. The molecule has 1 aromatic rings. The number of rotatable bonds is 9. The molecule has 1 aliphatic rings. The van der Waals surface area contributed by atoms with Crippen molar-refractivity contribution in [1.29, 1.82) is 0 Å². The fraction of sp³-hybridized carbons (Fsp3) is 0.619. The molecule has 2 N–H and O–H groups in total. The van der Waals surface area contributed by atoms with E-state index in [4.69, 9.17) is 23.0 Å². The molecule has 0 aromatic carbocycles. The summed E-state index contributed by atoms with van der Waals surface area (Å²) in [5, 5.41) is 2.61. The van der Waals surface area contributed by atoms with Crippen LogP contribution in [0.1, 0.15) is 46.6 Å². The SMILES string of the molecule is CC(C)(C)C(=O)OCO[PH]1(O)OCC(C)(C)[C@H](C(=O)NCCC(=O)OCc2ccncc2)O1. The van der Waals surface area contributed by atoms with Crippen LogP contribution < -0.4 is 5.32 Å². The molecule has 0 saturated carbocycles. The van der Waals surface area contributed by atoms with Gasteiger partial charge in [-0.25, -0.2) is 0 Å². The number of ether oxygens (including phenoxy) is 2. The van der Waals surface area contributed by atoms with Crippen LogP contribution >= 0.6 is 8.17 Å². The number of aromatic nitrogens is 1. The van der Waals surface area contributed by atoms with Gasteiger partial charge in [0.1, 0.15) is 0 Å². The third-order valence-electron chi connectivity index (χ3n) is 4.66. The normalized spacial score (nSPS) is 20.4. The molecule has 1 aliphatic heterocycles. The number of esters is 2. The van der Waals surface area contributed by atoms with Gasteiger partial charge in [0.05, 0.1) is 0 Å². The van der Waals surface area contributed by atoms with Gasteiger partial charge in [0, 0.05) is 0 Å². The minimum absolute atomic E-state index is 0.0188. The number of amides is 1. The Kier molecular flexibility index (Phi) is 9.28. The molecule has 1 fully saturated rings. The second-order valence-electron chi connectivity index (χ2n) is 9.30. The summed E-state index contributed by atoms with van der Waals surface area (Å²) >= 11 is 0. The molecular formula is C21H33N2O9P. The predicted octanol–water partition coefficient (Wildman–Crippen LogP) is 2.04. The third-order valence-corrected chi connectivity index (χ3v) is 6.19. The molecule has 0 aliphatic carbocycles. The van der Waals surface area contributed by atoms with Crippen molar-refractivity contribution in [3.8, 4) is 0 Å². The van der Waals surface area contributed by atoms with Gasteiger partial charge in [-0.2, -0.15) is 0 Å². The van der Waals surface area contributed by atoms with E-state index in [0.717, 1.165) is 5.56 Å². The van der Waals surface area contributed by atoms with Gasteiger partial charge in [0.2, 0.25) is 0 Å². The Morgan fingerprint density at radius 1 is 1.24 bits per heavy atom. The van der Waals surface area contributed by atoms with Crippen LogP contribution in [0.25, 0.3) is 0 Å². The molecule has 0 spiro atoms. The van der Waals surface area contributed by atoms with Crippen molar-refractivity contribution in [1.82, 2.24) is 10.3 Å². The van der Waals surface area contributed by atoms with Gasteiger partial charge >= 0.3 is 188 Å². The van der Waals surface area contributed by atoms with Crippen molar-refractivity contribution in [2.24, 2.45) is 10.8 Å². The van der Waals surface area contributed by atoms with Crippen LogP contribution in [0, 0.1) is 10.8 Å². The van der Waals surface area contributed by atoms with Crippen LogP contribution in [0.5, 0.6) is 0 Å². The first-order valence-electron chi connectivity index (χ1n) is 10.5. The monoisotopic (exact) mass is 488 g/mol. The van der Waals surface area contributed by atoms with Crippen LogP contribution in [-0.4, -0.2) is 53.8 Å². The van der Waals surface area contributed by atoms with Crippen LogP contribution in [0.2, 0.25) is 0 Å². The average Bonchev–Trinajstić information content (AvgIpc) is 2.74. The average molecular weight is 488 g/mol. The number of hydrogen-bond acceptors (Lipinski definition) is 10. The van der Waals surface area contributed by atoms with Crippen molar-refractivity contribution in [2.45, 2.75) is 53.8 Å². The second kappa shape index (κ2) is 11.3. The minimum atomic E-state index is -4.22. The number of carbonyl (C=O) groups excluding carboxylic acids is 3. The molecule has 0 bridgehead atoms. The first kappa shape index (κ1) is 27.1. The summed E-state index contributed by atoms with van der Waals surface area (Å²) in [4.78, 5) is 50.9. The van der Waals surface area contributed by atoms with Crippen LogP contribution in [0.4, 0.5) is 0 Å². The molecule has 2 rings (SSSR count). The van der Waals surface area contributed by atoms with Crippen molar-refractivity contribution in [3.05, 3.63) is 30.1 Å². The van der Waals surface area contributed by atoms with Crippen molar-refractivity contribution in [2.75, 3.05) is 19.9 Å². The Bertz CT molecular complexity index is 829. The van der Waals surface area contributed by atoms with Gasteiger partial charge in [0.15, 0.2) is 0 Å². The summed E-state index contributed by atoms with van der Waals surface area (Å²) < 4.78 is 26.1. The van der Waals surface area contributed by atoms with E-state index in [1.165, 1.54) is 0 Å². The fourth-order valence-electron chi connectivity index (χ4n) is 2.65. The van der Waals surface area contributed by atoms with Crippen LogP contribution in [0.3, 0.4) is 0 Å². The number of carbonyl (C=O) groups is 3. The van der Waals surface area contributed by atoms with Gasteiger partial charge < -0.3 is 0 Å². The summed E-state index contributed by atoms with van der Waals surface area (Å²) in [7, 11) is -4.22. The van der Waals surface area contributed by atoms with E-state index in [0.29, 0.717) is 0 Å². The molecule has 33 heavy (non-hydrogen) atoms. The van der Waals surface area contributed by atoms with E-state index < -0.39 is 49.7 Å². The van der Waals surface area contributed by atoms with E-state index in [1.807, 2.05) is 0 Å². The summed E-state index contributed by atoms with van der Waals surface area (Å²) in [6.07, 6.45) is 2.06. The molecule has 12 heteroatoms. The van der Waals surface area contributed by atoms with Crippen LogP contribution in [-0.2, 0) is 44.0 Å². The number of hydrogen-bond donors (Lipinski definition) is 2. The van der Waals surface area contributed by atoms with E-state index in [2.05, 4.69) is 10.3 Å². The molecule has 0 radical (unpaired) electrons. The Morgan fingerprint density at radius 2 is 1.91 bits per heavy atom. The van der Waals surface area contributed by atoms with Crippen LogP contribution in [0.15, 0.2) is 24.5 Å². The van der Waals surface area contributed by atoms with Crippen molar-refractivity contribution < 1.29 is 42.3 Å². The van der Waals surface area contributed by atoms with Gasteiger partial charge in [-0.15, -0.1) is 0 Å². The molecule has 0 unspecified atom stereocenters. The Labute approximate surface area is 193 Å². The first-order chi connectivity index (χ1) is 15.3. The Balaban J connectivity index is 1.81. The fourth-order valence-corrected chi connectivity index (χ4v) is 4.35. The zero-order valence-electron chi connectivity index (χ0n) is 19.6. The molecule has 1 amide bonds. The summed E-state index contributed by atoms with van der Waals surface area (Å²) in [5.74, 6) is -1.54. The summed E-state index contributed by atoms with van der Waals surface area (Å²) in [5.41, 5.74) is -0.723. The van der Waals surface area contributed by atoms with Crippen molar-refractivity contribution >= 4 is 26.0 Å². The molecular weight excluding hydrogens is 455 g/mol. The molecule has 186 valence electrons. The topological polar surface area (TPSA) is 143 Å². The van der Waals surface area contributed by atoms with E-state index in [-0.39, 0.29) is 26.2 Å². The van der Waals surface area contributed by atoms with Gasteiger partial charge in [-0.1, -0.05) is 0 Å². The summed E-state index contributed by atoms with van der Waals surface area (Å²) in [6, 6.07) is 3.47. The molecule has 1 aromatic heterocycles. The van der Waals surface area contributed by atoms with E-state index in [9.17, 15) is 19.3 Å². The predicted molar refractivity (Wildman–Crippen MR) is 118 cm³/mol. The second-order valence-corrected chi connectivity index (χ2v) is 11.2. The Morgan fingerprint density at radius 3 is 2.55 bits per heavy atom. The number of pyridine rings is 1. The third kappa shape index (κ3) is 8.60. The number of nitrogens with one attached hydrogen (secondary N) is 1.